The number of aryl methyl sites for hydroxylation is 1. The standard InChI is InChI=1S/C23H22BrNO3/c1-17-7-10-20(11-8-17)27-14-13-25-23(26)16-28-22-12-9-19(15-21(22)24)18-5-3-2-4-6-18/h2-12,15H,13-14,16H2,1H3,(H,25,26). The van der Waals surface area contributed by atoms with Gasteiger partial charge in [0.25, 0.3) is 5.91 Å². The molecule has 0 spiro atoms. The highest BCUT2D eigenvalue weighted by molar-refractivity contribution is 9.10. The van der Waals surface area contributed by atoms with Gasteiger partial charge in [0, 0.05) is 0 Å². The summed E-state index contributed by atoms with van der Waals surface area (Å²) in [6.45, 7) is 2.81. The third kappa shape index (κ3) is 5.86. The zero-order valence-electron chi connectivity index (χ0n) is 15.7. The topological polar surface area (TPSA) is 47.6 Å². The van der Waals surface area contributed by atoms with E-state index in [1.807, 2.05) is 67.6 Å². The lowest BCUT2D eigenvalue weighted by atomic mass is 10.1. The molecule has 3 aromatic carbocycles. The second-order valence-electron chi connectivity index (χ2n) is 6.31. The SMILES string of the molecule is Cc1ccc(OCCNC(=O)COc2ccc(-c3ccccc3)cc2Br)cc1. The summed E-state index contributed by atoms with van der Waals surface area (Å²) in [7, 11) is 0. The molecule has 3 rings (SSSR count). The van der Waals surface area contributed by atoms with Gasteiger partial charge in [0.15, 0.2) is 6.61 Å². The van der Waals surface area contributed by atoms with Crippen LogP contribution in [0.1, 0.15) is 5.56 Å². The van der Waals surface area contributed by atoms with E-state index in [1.54, 1.807) is 0 Å². The molecule has 0 saturated heterocycles. The number of hydrogen-bond acceptors (Lipinski definition) is 3. The van der Waals surface area contributed by atoms with Crippen molar-refractivity contribution in [1.82, 2.24) is 5.32 Å². The minimum absolute atomic E-state index is 0.0478. The molecule has 0 unspecified atom stereocenters. The van der Waals surface area contributed by atoms with Crippen LogP contribution in [0, 0.1) is 6.92 Å². The lowest BCUT2D eigenvalue weighted by Gasteiger charge is -2.11. The summed E-state index contributed by atoms with van der Waals surface area (Å²) in [5, 5.41) is 2.79. The van der Waals surface area contributed by atoms with Crippen LogP contribution in [0.25, 0.3) is 11.1 Å². The number of halogens is 1. The van der Waals surface area contributed by atoms with Crippen LogP contribution in [0.4, 0.5) is 0 Å². The van der Waals surface area contributed by atoms with Crippen LogP contribution in [0.15, 0.2) is 77.3 Å². The number of rotatable bonds is 8. The fourth-order valence-corrected chi connectivity index (χ4v) is 3.11. The van der Waals surface area contributed by atoms with Crippen LogP contribution < -0.4 is 14.8 Å². The number of ether oxygens (including phenoxy) is 2. The minimum Gasteiger partial charge on any atom is -0.492 e. The molecule has 0 aliphatic rings. The molecule has 0 heterocycles. The summed E-state index contributed by atoms with van der Waals surface area (Å²) in [4.78, 5) is 12.0. The Balaban J connectivity index is 1.42. The van der Waals surface area contributed by atoms with E-state index in [-0.39, 0.29) is 12.5 Å². The van der Waals surface area contributed by atoms with Crippen molar-refractivity contribution in [3.8, 4) is 22.6 Å². The van der Waals surface area contributed by atoms with Crippen molar-refractivity contribution in [1.29, 1.82) is 0 Å². The zero-order valence-corrected chi connectivity index (χ0v) is 17.2. The van der Waals surface area contributed by atoms with E-state index in [0.29, 0.717) is 18.9 Å². The minimum atomic E-state index is -0.188. The predicted octanol–water partition coefficient (Wildman–Crippen LogP) is 5.00. The number of hydrogen-bond donors (Lipinski definition) is 1. The van der Waals surface area contributed by atoms with E-state index in [0.717, 1.165) is 21.3 Å². The maximum atomic E-state index is 12.0. The lowest BCUT2D eigenvalue weighted by Crippen LogP contribution is -2.32. The number of carbonyl (C=O) groups is 1. The van der Waals surface area contributed by atoms with Gasteiger partial charge in [-0.3, -0.25) is 4.79 Å². The van der Waals surface area contributed by atoms with E-state index in [2.05, 4.69) is 33.4 Å². The van der Waals surface area contributed by atoms with Crippen molar-refractivity contribution in [3.63, 3.8) is 0 Å². The summed E-state index contributed by atoms with van der Waals surface area (Å²) >= 11 is 3.51. The Labute approximate surface area is 173 Å². The summed E-state index contributed by atoms with van der Waals surface area (Å²) in [6, 6.07) is 23.7. The van der Waals surface area contributed by atoms with Gasteiger partial charge in [-0.15, -0.1) is 0 Å². The fraction of sp³-hybridized carbons (Fsp3) is 0.174. The number of amides is 1. The van der Waals surface area contributed by atoms with Crippen LogP contribution in [-0.2, 0) is 4.79 Å². The molecule has 0 aliphatic carbocycles. The number of nitrogens with one attached hydrogen (secondary N) is 1. The molecule has 0 aliphatic heterocycles. The average molecular weight is 440 g/mol. The van der Waals surface area contributed by atoms with Crippen molar-refractivity contribution < 1.29 is 14.3 Å². The second kappa shape index (κ2) is 9.95. The van der Waals surface area contributed by atoms with E-state index < -0.39 is 0 Å². The maximum absolute atomic E-state index is 12.0. The molecular weight excluding hydrogens is 418 g/mol. The summed E-state index contributed by atoms with van der Waals surface area (Å²) in [5.74, 6) is 1.23. The molecule has 3 aromatic rings. The van der Waals surface area contributed by atoms with Crippen LogP contribution in [0.2, 0.25) is 0 Å². The predicted molar refractivity (Wildman–Crippen MR) is 115 cm³/mol. The average Bonchev–Trinajstić information content (AvgIpc) is 2.72. The monoisotopic (exact) mass is 439 g/mol. The summed E-state index contributed by atoms with van der Waals surface area (Å²) in [5.41, 5.74) is 3.39. The summed E-state index contributed by atoms with van der Waals surface area (Å²) in [6.07, 6.45) is 0. The summed E-state index contributed by atoms with van der Waals surface area (Å²) < 4.78 is 12.0. The van der Waals surface area contributed by atoms with Crippen molar-refractivity contribution in [2.75, 3.05) is 19.8 Å². The van der Waals surface area contributed by atoms with E-state index >= 15 is 0 Å². The molecule has 0 radical (unpaired) electrons. The Morgan fingerprint density at radius 1 is 0.929 bits per heavy atom. The highest BCUT2D eigenvalue weighted by atomic mass is 79.9. The molecular formula is C23H22BrNO3. The molecule has 1 amide bonds. The number of carbonyl (C=O) groups excluding carboxylic acids is 1. The largest absolute Gasteiger partial charge is 0.492 e. The second-order valence-corrected chi connectivity index (χ2v) is 7.17. The molecule has 4 nitrogen and oxygen atoms in total. The first kappa shape index (κ1) is 20.0. The Kier molecular flexibility index (Phi) is 7.09. The van der Waals surface area contributed by atoms with Gasteiger partial charge in [-0.25, -0.2) is 0 Å². The van der Waals surface area contributed by atoms with E-state index in [1.165, 1.54) is 5.56 Å². The quantitative estimate of drug-likeness (QED) is 0.502. The molecule has 5 heteroatoms. The first-order valence-electron chi connectivity index (χ1n) is 9.06. The zero-order chi connectivity index (χ0) is 19.8. The highest BCUT2D eigenvalue weighted by Crippen LogP contribution is 2.30. The molecule has 144 valence electrons. The third-order valence-corrected chi connectivity index (χ3v) is 4.73. The molecule has 0 bridgehead atoms. The van der Waals surface area contributed by atoms with Gasteiger partial charge < -0.3 is 14.8 Å². The fourth-order valence-electron chi connectivity index (χ4n) is 2.62. The van der Waals surface area contributed by atoms with Crippen LogP contribution >= 0.6 is 15.9 Å². The van der Waals surface area contributed by atoms with Crippen molar-refractivity contribution in [3.05, 3.63) is 82.8 Å². The molecule has 0 fully saturated rings. The normalized spacial score (nSPS) is 10.4. The molecule has 1 N–H and O–H groups in total. The molecule has 0 atom stereocenters. The molecule has 0 saturated carbocycles. The van der Waals surface area contributed by atoms with Crippen LogP contribution in [-0.4, -0.2) is 25.7 Å². The smallest absolute Gasteiger partial charge is 0.258 e. The van der Waals surface area contributed by atoms with Crippen molar-refractivity contribution >= 4 is 21.8 Å². The van der Waals surface area contributed by atoms with Gasteiger partial charge in [0.05, 0.1) is 11.0 Å². The first-order valence-corrected chi connectivity index (χ1v) is 9.85. The molecule has 28 heavy (non-hydrogen) atoms. The Morgan fingerprint density at radius 2 is 1.68 bits per heavy atom. The van der Waals surface area contributed by atoms with Crippen molar-refractivity contribution in [2.24, 2.45) is 0 Å². The van der Waals surface area contributed by atoms with Gasteiger partial charge in [0.1, 0.15) is 18.1 Å². The third-order valence-electron chi connectivity index (χ3n) is 4.11. The number of benzene rings is 3. The van der Waals surface area contributed by atoms with Crippen LogP contribution in [0.5, 0.6) is 11.5 Å². The van der Waals surface area contributed by atoms with Crippen molar-refractivity contribution in [2.45, 2.75) is 6.92 Å². The van der Waals surface area contributed by atoms with Gasteiger partial charge in [-0.1, -0.05) is 54.1 Å². The van der Waals surface area contributed by atoms with E-state index in [4.69, 9.17) is 9.47 Å². The van der Waals surface area contributed by atoms with E-state index in [9.17, 15) is 4.79 Å². The lowest BCUT2D eigenvalue weighted by molar-refractivity contribution is -0.123. The Bertz CT molecular complexity index is 911. The Morgan fingerprint density at radius 3 is 2.39 bits per heavy atom. The maximum Gasteiger partial charge on any atom is 0.258 e. The first-order chi connectivity index (χ1) is 13.6. The van der Waals surface area contributed by atoms with Gasteiger partial charge in [-0.05, 0) is 58.2 Å². The van der Waals surface area contributed by atoms with Gasteiger partial charge in [-0.2, -0.15) is 0 Å². The van der Waals surface area contributed by atoms with Gasteiger partial charge >= 0.3 is 0 Å². The van der Waals surface area contributed by atoms with Gasteiger partial charge in [0.2, 0.25) is 0 Å². The molecule has 0 aromatic heterocycles. The Hall–Kier alpha value is -2.79. The highest BCUT2D eigenvalue weighted by Gasteiger charge is 2.07. The van der Waals surface area contributed by atoms with Crippen LogP contribution in [0.3, 0.4) is 0 Å².